The molecule has 3 heterocycles. The van der Waals surface area contributed by atoms with Crippen LogP contribution < -0.4 is 5.43 Å². The summed E-state index contributed by atoms with van der Waals surface area (Å²) in [4.78, 5) is 31.3. The van der Waals surface area contributed by atoms with Crippen molar-refractivity contribution in [2.75, 3.05) is 45.8 Å². The molecule has 0 saturated carbocycles. The van der Waals surface area contributed by atoms with Crippen molar-refractivity contribution in [3.05, 3.63) is 45.2 Å². The van der Waals surface area contributed by atoms with E-state index in [1.165, 1.54) is 6.42 Å². The van der Waals surface area contributed by atoms with Crippen molar-refractivity contribution in [2.24, 2.45) is 0 Å². The molecule has 0 N–H and O–H groups in total. The second-order valence-corrected chi connectivity index (χ2v) is 8.62. The number of amides is 1. The lowest BCUT2D eigenvalue weighted by molar-refractivity contribution is -0.133. The Morgan fingerprint density at radius 3 is 2.39 bits per heavy atom. The Labute approximate surface area is 173 Å². The first-order chi connectivity index (χ1) is 13.6. The summed E-state index contributed by atoms with van der Waals surface area (Å²) in [6.45, 7) is 6.78. The van der Waals surface area contributed by atoms with Crippen LogP contribution >= 0.6 is 15.9 Å². The first kappa shape index (κ1) is 19.6. The highest BCUT2D eigenvalue weighted by atomic mass is 79.9. The summed E-state index contributed by atoms with van der Waals surface area (Å²) in [5.41, 5.74) is 0.992. The van der Waals surface area contributed by atoms with E-state index in [9.17, 15) is 9.59 Å². The van der Waals surface area contributed by atoms with Crippen LogP contribution in [-0.4, -0.2) is 71.0 Å². The number of carbonyl (C=O) groups is 1. The van der Waals surface area contributed by atoms with Gasteiger partial charge >= 0.3 is 0 Å². The normalized spacial score (nSPS) is 19.2. The molecule has 0 aliphatic carbocycles. The van der Waals surface area contributed by atoms with Crippen molar-refractivity contribution in [3.63, 3.8) is 0 Å². The highest BCUT2D eigenvalue weighted by Crippen LogP contribution is 2.22. The fourth-order valence-corrected chi connectivity index (χ4v) is 4.78. The molecule has 1 aromatic carbocycles. The van der Waals surface area contributed by atoms with Gasteiger partial charge in [0.2, 0.25) is 5.91 Å². The molecule has 0 atom stereocenters. The van der Waals surface area contributed by atoms with Crippen LogP contribution in [0.1, 0.15) is 19.3 Å². The zero-order valence-electron chi connectivity index (χ0n) is 16.1. The molecule has 2 aromatic rings. The Hall–Kier alpha value is -1.70. The third-order valence-electron chi connectivity index (χ3n) is 5.83. The van der Waals surface area contributed by atoms with Gasteiger partial charge in [-0.15, -0.1) is 0 Å². The molecule has 1 aromatic heterocycles. The number of piperidine rings is 1. The number of hydrogen-bond acceptors (Lipinski definition) is 4. The zero-order chi connectivity index (χ0) is 19.5. The number of piperazine rings is 1. The highest BCUT2D eigenvalue weighted by molar-refractivity contribution is 9.10. The number of hydrogen-bond donors (Lipinski definition) is 0. The van der Waals surface area contributed by atoms with Gasteiger partial charge in [-0.2, -0.15) is 0 Å². The number of aromatic nitrogens is 1. The van der Waals surface area contributed by atoms with Crippen LogP contribution in [0.15, 0.2) is 39.7 Å². The van der Waals surface area contributed by atoms with E-state index in [2.05, 4.69) is 30.3 Å². The number of nitrogens with zero attached hydrogens (tertiary/aromatic N) is 4. The molecule has 4 rings (SSSR count). The van der Waals surface area contributed by atoms with Crippen molar-refractivity contribution in [3.8, 4) is 0 Å². The third kappa shape index (κ3) is 4.31. The van der Waals surface area contributed by atoms with Gasteiger partial charge in [-0.25, -0.2) is 0 Å². The molecule has 1 amide bonds. The van der Waals surface area contributed by atoms with Crippen LogP contribution in [0.5, 0.6) is 0 Å². The quantitative estimate of drug-likeness (QED) is 0.722. The molecule has 7 heteroatoms. The first-order valence-corrected chi connectivity index (χ1v) is 10.9. The smallest absolute Gasteiger partial charge is 0.236 e. The molecule has 0 spiro atoms. The molecule has 2 fully saturated rings. The number of benzene rings is 1. The SMILES string of the molecule is O=C(CN1CCN(Cn2ccc(=O)c3cccc(Br)c32)CC1)N1CCCCC1. The van der Waals surface area contributed by atoms with E-state index in [0.29, 0.717) is 6.54 Å². The maximum Gasteiger partial charge on any atom is 0.236 e. The van der Waals surface area contributed by atoms with Gasteiger partial charge in [0.15, 0.2) is 5.43 Å². The minimum atomic E-state index is 0.0496. The number of halogens is 1. The van der Waals surface area contributed by atoms with Crippen LogP contribution in [0.3, 0.4) is 0 Å². The Kier molecular flexibility index (Phi) is 6.13. The van der Waals surface area contributed by atoms with Crippen LogP contribution in [-0.2, 0) is 11.5 Å². The van der Waals surface area contributed by atoms with Gasteiger partial charge in [0.05, 0.1) is 18.7 Å². The largest absolute Gasteiger partial charge is 0.342 e. The summed E-state index contributed by atoms with van der Waals surface area (Å²) in [7, 11) is 0. The van der Waals surface area contributed by atoms with Gasteiger partial charge in [0.25, 0.3) is 0 Å². The number of fused-ring (bicyclic) bond motifs is 1. The molecular weight excluding hydrogens is 420 g/mol. The predicted octanol–water partition coefficient (Wildman–Crippen LogP) is 2.35. The zero-order valence-corrected chi connectivity index (χ0v) is 17.7. The average Bonchev–Trinajstić information content (AvgIpc) is 2.72. The minimum absolute atomic E-state index is 0.0496. The third-order valence-corrected chi connectivity index (χ3v) is 6.47. The predicted molar refractivity (Wildman–Crippen MR) is 114 cm³/mol. The van der Waals surface area contributed by atoms with E-state index in [1.807, 2.05) is 29.3 Å². The summed E-state index contributed by atoms with van der Waals surface area (Å²) < 4.78 is 3.07. The fraction of sp³-hybridized carbons (Fsp3) is 0.524. The maximum absolute atomic E-state index is 12.5. The Morgan fingerprint density at radius 1 is 0.929 bits per heavy atom. The minimum Gasteiger partial charge on any atom is -0.342 e. The Bertz CT molecular complexity index is 899. The van der Waals surface area contributed by atoms with Crippen LogP contribution in [0.4, 0.5) is 0 Å². The molecule has 150 valence electrons. The molecular formula is C21H27BrN4O2. The van der Waals surface area contributed by atoms with Crippen molar-refractivity contribution in [1.82, 2.24) is 19.3 Å². The van der Waals surface area contributed by atoms with Crippen LogP contribution in [0, 0.1) is 0 Å². The number of likely N-dealkylation sites (tertiary alicyclic amines) is 1. The second-order valence-electron chi connectivity index (χ2n) is 7.76. The monoisotopic (exact) mass is 446 g/mol. The topological polar surface area (TPSA) is 48.8 Å². The van der Waals surface area contributed by atoms with Crippen molar-refractivity contribution < 1.29 is 4.79 Å². The lowest BCUT2D eigenvalue weighted by atomic mass is 10.1. The van der Waals surface area contributed by atoms with E-state index < -0.39 is 0 Å². The lowest BCUT2D eigenvalue weighted by Gasteiger charge is -2.36. The lowest BCUT2D eigenvalue weighted by Crippen LogP contribution is -2.50. The maximum atomic E-state index is 12.5. The first-order valence-electron chi connectivity index (χ1n) is 10.1. The number of pyridine rings is 1. The molecule has 6 nitrogen and oxygen atoms in total. The van der Waals surface area contributed by atoms with Crippen molar-refractivity contribution >= 4 is 32.7 Å². The Morgan fingerprint density at radius 2 is 1.64 bits per heavy atom. The summed E-state index contributed by atoms with van der Waals surface area (Å²) in [5, 5.41) is 0.739. The summed E-state index contributed by atoms with van der Waals surface area (Å²) in [6.07, 6.45) is 5.41. The van der Waals surface area contributed by atoms with Gasteiger partial charge in [-0.3, -0.25) is 19.4 Å². The van der Waals surface area contributed by atoms with Gasteiger partial charge < -0.3 is 9.47 Å². The fourth-order valence-electron chi connectivity index (χ4n) is 4.18. The summed E-state index contributed by atoms with van der Waals surface area (Å²) in [5.74, 6) is 0.281. The molecule has 2 saturated heterocycles. The highest BCUT2D eigenvalue weighted by Gasteiger charge is 2.23. The molecule has 0 bridgehead atoms. The van der Waals surface area contributed by atoms with E-state index in [1.54, 1.807) is 6.07 Å². The van der Waals surface area contributed by atoms with Crippen LogP contribution in [0.25, 0.3) is 10.9 Å². The molecule has 2 aliphatic heterocycles. The molecule has 28 heavy (non-hydrogen) atoms. The summed E-state index contributed by atoms with van der Waals surface area (Å²) in [6, 6.07) is 7.39. The Balaban J connectivity index is 1.36. The van der Waals surface area contributed by atoms with E-state index in [4.69, 9.17) is 0 Å². The van der Waals surface area contributed by atoms with Gasteiger partial charge in [0, 0.05) is 61.4 Å². The number of para-hydroxylation sites is 1. The molecule has 0 radical (unpaired) electrons. The standard InChI is InChI=1S/C21H27BrN4O2/c22-18-6-4-5-17-19(27)7-10-26(21(17)18)16-24-13-11-23(12-14-24)15-20(28)25-8-2-1-3-9-25/h4-7,10H,1-3,8-9,11-16H2. The van der Waals surface area contributed by atoms with Crippen molar-refractivity contribution in [2.45, 2.75) is 25.9 Å². The van der Waals surface area contributed by atoms with Crippen LogP contribution in [0.2, 0.25) is 0 Å². The second kappa shape index (κ2) is 8.76. The van der Waals surface area contributed by atoms with E-state index in [0.717, 1.165) is 74.2 Å². The molecule has 0 unspecified atom stereocenters. The number of rotatable bonds is 4. The molecule has 2 aliphatic rings. The van der Waals surface area contributed by atoms with Gasteiger partial charge in [0.1, 0.15) is 0 Å². The van der Waals surface area contributed by atoms with Gasteiger partial charge in [-0.1, -0.05) is 6.07 Å². The average molecular weight is 447 g/mol. The van der Waals surface area contributed by atoms with E-state index >= 15 is 0 Å². The van der Waals surface area contributed by atoms with Gasteiger partial charge in [-0.05, 0) is 47.3 Å². The van der Waals surface area contributed by atoms with E-state index in [-0.39, 0.29) is 11.3 Å². The summed E-state index contributed by atoms with van der Waals surface area (Å²) >= 11 is 3.59. The number of carbonyl (C=O) groups excluding carboxylic acids is 1. The van der Waals surface area contributed by atoms with Crippen molar-refractivity contribution in [1.29, 1.82) is 0 Å².